The number of hydrogen-bond donors (Lipinski definition) is 1. The lowest BCUT2D eigenvalue weighted by atomic mass is 10.1. The molecule has 0 radical (unpaired) electrons. The van der Waals surface area contributed by atoms with E-state index in [0.29, 0.717) is 40.2 Å². The average molecular weight is 475 g/mol. The molecule has 0 bridgehead atoms. The van der Waals surface area contributed by atoms with Gasteiger partial charge >= 0.3 is 5.76 Å². The fourth-order valence-corrected chi connectivity index (χ4v) is 3.78. The van der Waals surface area contributed by atoms with Crippen LogP contribution in [-0.2, 0) is 7.05 Å². The van der Waals surface area contributed by atoms with Crippen molar-refractivity contribution in [2.75, 3.05) is 5.32 Å². The Hall–Kier alpha value is -4.54. The molecule has 1 aliphatic carbocycles. The van der Waals surface area contributed by atoms with Gasteiger partial charge in [0.15, 0.2) is 5.58 Å². The Morgan fingerprint density at radius 2 is 1.97 bits per heavy atom. The minimum Gasteiger partial charge on any atom is -0.431 e. The van der Waals surface area contributed by atoms with Gasteiger partial charge in [-0.1, -0.05) is 17.3 Å². The van der Waals surface area contributed by atoms with Gasteiger partial charge in [0.05, 0.1) is 17.6 Å². The number of aryl methyl sites for hydroxylation is 2. The monoisotopic (exact) mass is 475 g/mol. The van der Waals surface area contributed by atoms with Crippen molar-refractivity contribution < 1.29 is 22.5 Å². The number of benzene rings is 2. The van der Waals surface area contributed by atoms with Gasteiger partial charge in [-0.2, -0.15) is 4.98 Å². The number of nitrogens with zero attached hydrogens (tertiary/aromatic N) is 4. The van der Waals surface area contributed by atoms with Crippen LogP contribution in [-0.4, -0.2) is 31.8 Å². The molecule has 1 fully saturated rings. The Bertz CT molecular complexity index is 1660. The molecule has 176 valence electrons. The van der Waals surface area contributed by atoms with Gasteiger partial charge in [-0.3, -0.25) is 9.36 Å². The predicted octanol–water partition coefficient (Wildman–Crippen LogP) is 4.22. The summed E-state index contributed by atoms with van der Waals surface area (Å²) in [5.41, 5.74) is 3.53. The predicted molar refractivity (Wildman–Crippen MR) is 122 cm³/mol. The Kier molecular flexibility index (Phi) is 4.66. The molecular formula is C24H18FN5O5. The maximum Gasteiger partial charge on any atom is 0.419 e. The van der Waals surface area contributed by atoms with E-state index in [4.69, 9.17) is 13.4 Å². The number of fused-ring (bicyclic) bond motifs is 1. The first kappa shape index (κ1) is 21.0. The van der Waals surface area contributed by atoms with E-state index >= 15 is 0 Å². The van der Waals surface area contributed by atoms with E-state index in [9.17, 15) is 14.0 Å². The topological polar surface area (TPSA) is 129 Å². The highest BCUT2D eigenvalue weighted by Crippen LogP contribution is 2.43. The Balaban J connectivity index is 1.23. The summed E-state index contributed by atoms with van der Waals surface area (Å²) in [4.78, 5) is 33.0. The Labute approximate surface area is 196 Å². The zero-order valence-electron chi connectivity index (χ0n) is 18.6. The first-order chi connectivity index (χ1) is 16.9. The number of oxazole rings is 2. The Morgan fingerprint density at radius 1 is 1.17 bits per heavy atom. The van der Waals surface area contributed by atoms with Crippen LogP contribution in [0.25, 0.3) is 33.9 Å². The van der Waals surface area contributed by atoms with Crippen LogP contribution in [0.3, 0.4) is 0 Å². The zero-order chi connectivity index (χ0) is 24.3. The number of nitrogens with one attached hydrogen (secondary N) is 1. The van der Waals surface area contributed by atoms with Crippen LogP contribution in [0, 0.1) is 6.92 Å². The van der Waals surface area contributed by atoms with Crippen LogP contribution >= 0.6 is 0 Å². The second-order valence-electron chi connectivity index (χ2n) is 8.44. The molecule has 0 spiro atoms. The second kappa shape index (κ2) is 7.76. The highest BCUT2D eigenvalue weighted by molar-refractivity contribution is 6.03. The van der Waals surface area contributed by atoms with E-state index in [-0.39, 0.29) is 23.5 Å². The summed E-state index contributed by atoms with van der Waals surface area (Å²) in [6.07, 6.45) is 0.781. The largest absolute Gasteiger partial charge is 0.431 e. The van der Waals surface area contributed by atoms with Crippen LogP contribution in [0.15, 0.2) is 60.7 Å². The lowest BCUT2D eigenvalue weighted by molar-refractivity contribution is 0.0997. The second-order valence-corrected chi connectivity index (χ2v) is 8.44. The fraction of sp³-hybridized carbons (Fsp3) is 0.208. The minimum atomic E-state index is -0.934. The van der Waals surface area contributed by atoms with Crippen LogP contribution < -0.4 is 11.1 Å². The summed E-state index contributed by atoms with van der Waals surface area (Å²) < 4.78 is 30.7. The molecule has 0 saturated heterocycles. The number of carbonyl (C=O) groups is 1. The highest BCUT2D eigenvalue weighted by Gasteiger charge is 2.43. The minimum absolute atomic E-state index is 0.00369. The van der Waals surface area contributed by atoms with E-state index < -0.39 is 17.8 Å². The number of anilines is 1. The number of halogens is 1. The SMILES string of the molecule is Cc1ccc(-c2noc([C@H]3C[C@@H]3F)n2)cc1NC(=O)c1cnc(-c2ccc3c(c2)oc(=O)n3C)o1. The van der Waals surface area contributed by atoms with Gasteiger partial charge in [0, 0.05) is 23.9 Å². The van der Waals surface area contributed by atoms with Gasteiger partial charge in [0.25, 0.3) is 5.91 Å². The number of alkyl halides is 1. The summed E-state index contributed by atoms with van der Waals surface area (Å²) in [6.45, 7) is 1.84. The molecule has 1 N–H and O–H groups in total. The number of amides is 1. The van der Waals surface area contributed by atoms with E-state index in [1.165, 1.54) is 10.8 Å². The van der Waals surface area contributed by atoms with Gasteiger partial charge in [-0.05, 0) is 43.2 Å². The number of aromatic nitrogens is 4. The molecule has 2 atom stereocenters. The van der Waals surface area contributed by atoms with Crippen LogP contribution in [0.2, 0.25) is 0 Å². The third-order valence-corrected chi connectivity index (χ3v) is 5.98. The third kappa shape index (κ3) is 3.70. The molecule has 5 aromatic rings. The standard InChI is InChI=1S/C24H18FN5O5/c1-11-3-4-12(20-28-23(35-29-20)14-9-15(14)25)7-16(11)27-21(31)19-10-26-22(33-19)13-5-6-17-18(8-13)34-24(32)30(17)2/h3-8,10,14-15H,9H2,1-2H3,(H,27,31)/t14-,15-/m0/s1. The van der Waals surface area contributed by atoms with Gasteiger partial charge in [0.2, 0.25) is 23.4 Å². The fourth-order valence-electron chi connectivity index (χ4n) is 3.78. The molecule has 2 aromatic carbocycles. The lowest BCUT2D eigenvalue weighted by Gasteiger charge is -2.08. The molecule has 6 rings (SSSR count). The lowest BCUT2D eigenvalue weighted by Crippen LogP contribution is -2.12. The molecular weight excluding hydrogens is 457 g/mol. The smallest absolute Gasteiger partial charge is 0.419 e. The van der Waals surface area contributed by atoms with Crippen LogP contribution in [0.4, 0.5) is 10.1 Å². The van der Waals surface area contributed by atoms with E-state index in [0.717, 1.165) is 5.56 Å². The van der Waals surface area contributed by atoms with Crippen molar-refractivity contribution in [1.29, 1.82) is 0 Å². The normalized spacial score (nSPS) is 17.1. The van der Waals surface area contributed by atoms with Crippen molar-refractivity contribution in [1.82, 2.24) is 19.7 Å². The number of carbonyl (C=O) groups excluding carboxylic acids is 1. The molecule has 0 unspecified atom stereocenters. The highest BCUT2D eigenvalue weighted by atomic mass is 19.1. The molecule has 3 aromatic heterocycles. The molecule has 10 nitrogen and oxygen atoms in total. The molecule has 1 aliphatic rings. The van der Waals surface area contributed by atoms with Crippen molar-refractivity contribution in [3.63, 3.8) is 0 Å². The maximum atomic E-state index is 13.3. The summed E-state index contributed by atoms with van der Waals surface area (Å²) >= 11 is 0. The molecule has 3 heterocycles. The molecule has 1 amide bonds. The van der Waals surface area contributed by atoms with Crippen molar-refractivity contribution in [2.45, 2.75) is 25.4 Å². The van der Waals surface area contributed by atoms with Crippen molar-refractivity contribution in [3.8, 4) is 22.8 Å². The average Bonchev–Trinajstić information content (AvgIpc) is 3.23. The first-order valence-electron chi connectivity index (χ1n) is 10.8. The molecule has 1 saturated carbocycles. The summed E-state index contributed by atoms with van der Waals surface area (Å²) in [6, 6.07) is 10.4. The van der Waals surface area contributed by atoms with Gasteiger partial charge in [0.1, 0.15) is 6.17 Å². The summed E-state index contributed by atoms with van der Waals surface area (Å²) in [7, 11) is 1.61. The van der Waals surface area contributed by atoms with Crippen molar-refractivity contribution in [2.24, 2.45) is 7.05 Å². The third-order valence-electron chi connectivity index (χ3n) is 5.98. The first-order valence-corrected chi connectivity index (χ1v) is 10.8. The maximum absolute atomic E-state index is 13.3. The van der Waals surface area contributed by atoms with Crippen LogP contribution in [0.5, 0.6) is 0 Å². The van der Waals surface area contributed by atoms with E-state index in [1.54, 1.807) is 37.4 Å². The molecule has 0 aliphatic heterocycles. The van der Waals surface area contributed by atoms with Gasteiger partial charge in [-0.25, -0.2) is 14.2 Å². The van der Waals surface area contributed by atoms with Gasteiger partial charge < -0.3 is 18.7 Å². The summed E-state index contributed by atoms with van der Waals surface area (Å²) in [5.74, 6) is -0.495. The van der Waals surface area contributed by atoms with Gasteiger partial charge in [-0.15, -0.1) is 0 Å². The quantitative estimate of drug-likeness (QED) is 0.400. The molecule has 35 heavy (non-hydrogen) atoms. The number of rotatable bonds is 5. The summed E-state index contributed by atoms with van der Waals surface area (Å²) in [5, 5.41) is 6.74. The van der Waals surface area contributed by atoms with E-state index in [1.807, 2.05) is 13.0 Å². The van der Waals surface area contributed by atoms with Crippen molar-refractivity contribution in [3.05, 3.63) is 70.4 Å². The van der Waals surface area contributed by atoms with E-state index in [2.05, 4.69) is 20.4 Å². The molecule has 11 heteroatoms. The van der Waals surface area contributed by atoms with Crippen LogP contribution in [0.1, 0.15) is 34.3 Å². The zero-order valence-corrected chi connectivity index (χ0v) is 18.6. The van der Waals surface area contributed by atoms with Crippen molar-refractivity contribution >= 4 is 22.7 Å². The number of hydrogen-bond acceptors (Lipinski definition) is 8. The Morgan fingerprint density at radius 3 is 2.77 bits per heavy atom.